The number of methoxy groups -OCH3 is 1. The zero-order valence-electron chi connectivity index (χ0n) is 11.3. The van der Waals surface area contributed by atoms with Crippen LogP contribution in [0.15, 0.2) is 42.6 Å². The lowest BCUT2D eigenvalue weighted by Gasteiger charge is -2.11. The maximum Gasteiger partial charge on any atom is 0.186 e. The standard InChI is InChI=1S/C16H14N2O2/c1-11-9-12(20-2)6-7-13(11)16(19)14(10-17)15-5-3-4-8-18-15/h3-9,14H,1-2H3. The lowest BCUT2D eigenvalue weighted by Crippen LogP contribution is -2.13. The second kappa shape index (κ2) is 5.98. The summed E-state index contributed by atoms with van der Waals surface area (Å²) in [6, 6.07) is 12.4. The number of ether oxygens (including phenoxy) is 1. The Morgan fingerprint density at radius 3 is 2.70 bits per heavy atom. The summed E-state index contributed by atoms with van der Waals surface area (Å²) in [5, 5.41) is 9.27. The minimum absolute atomic E-state index is 0.244. The average Bonchev–Trinajstić information content (AvgIpc) is 2.48. The van der Waals surface area contributed by atoms with Crippen molar-refractivity contribution < 1.29 is 9.53 Å². The summed E-state index contributed by atoms with van der Waals surface area (Å²) in [4.78, 5) is 16.6. The Labute approximate surface area is 117 Å². The molecule has 0 N–H and O–H groups in total. The summed E-state index contributed by atoms with van der Waals surface area (Å²) in [5.41, 5.74) is 1.77. The molecular formula is C16H14N2O2. The van der Waals surface area contributed by atoms with Crippen LogP contribution in [0.2, 0.25) is 0 Å². The highest BCUT2D eigenvalue weighted by molar-refractivity contribution is 6.03. The largest absolute Gasteiger partial charge is 0.497 e. The van der Waals surface area contributed by atoms with Crippen molar-refractivity contribution in [2.45, 2.75) is 12.8 Å². The first-order valence-electron chi connectivity index (χ1n) is 6.16. The Morgan fingerprint density at radius 1 is 1.35 bits per heavy atom. The number of nitrogens with zero attached hydrogens (tertiary/aromatic N) is 2. The zero-order valence-corrected chi connectivity index (χ0v) is 11.3. The minimum Gasteiger partial charge on any atom is -0.497 e. The SMILES string of the molecule is COc1ccc(C(=O)C(C#N)c2ccccn2)c(C)c1. The molecule has 0 aliphatic heterocycles. The van der Waals surface area contributed by atoms with E-state index < -0.39 is 5.92 Å². The van der Waals surface area contributed by atoms with E-state index in [1.54, 1.807) is 49.7 Å². The number of aromatic nitrogens is 1. The number of aryl methyl sites for hydroxylation is 1. The predicted octanol–water partition coefficient (Wildman–Crippen LogP) is 2.89. The molecular weight excluding hydrogens is 252 g/mol. The molecule has 0 saturated carbocycles. The summed E-state index contributed by atoms with van der Waals surface area (Å²) in [6.07, 6.45) is 1.58. The van der Waals surface area contributed by atoms with Gasteiger partial charge >= 0.3 is 0 Å². The molecule has 1 aromatic carbocycles. The van der Waals surface area contributed by atoms with Crippen LogP contribution in [0.25, 0.3) is 0 Å². The van der Waals surface area contributed by atoms with Gasteiger partial charge in [0.2, 0.25) is 0 Å². The summed E-state index contributed by atoms with van der Waals surface area (Å²) in [7, 11) is 1.57. The third kappa shape index (κ3) is 2.67. The van der Waals surface area contributed by atoms with E-state index in [-0.39, 0.29) is 5.78 Å². The van der Waals surface area contributed by atoms with Gasteiger partial charge in [0.05, 0.1) is 18.9 Å². The van der Waals surface area contributed by atoms with Crippen molar-refractivity contribution >= 4 is 5.78 Å². The number of benzene rings is 1. The van der Waals surface area contributed by atoms with Gasteiger partial charge in [-0.3, -0.25) is 9.78 Å². The molecule has 1 aromatic heterocycles. The molecule has 1 heterocycles. The molecule has 0 saturated heterocycles. The Morgan fingerprint density at radius 2 is 2.15 bits per heavy atom. The quantitative estimate of drug-likeness (QED) is 0.798. The molecule has 0 aliphatic carbocycles. The zero-order chi connectivity index (χ0) is 14.5. The van der Waals surface area contributed by atoms with E-state index in [1.807, 2.05) is 13.0 Å². The number of carbonyl (C=O) groups is 1. The number of hydrogen-bond acceptors (Lipinski definition) is 4. The van der Waals surface area contributed by atoms with Gasteiger partial charge in [0.15, 0.2) is 11.7 Å². The van der Waals surface area contributed by atoms with Crippen molar-refractivity contribution in [1.29, 1.82) is 5.26 Å². The van der Waals surface area contributed by atoms with Gasteiger partial charge in [-0.2, -0.15) is 5.26 Å². The summed E-state index contributed by atoms with van der Waals surface area (Å²) < 4.78 is 5.11. The monoisotopic (exact) mass is 266 g/mol. The number of rotatable bonds is 4. The molecule has 2 rings (SSSR count). The van der Waals surface area contributed by atoms with Crippen molar-refractivity contribution in [3.05, 3.63) is 59.4 Å². The van der Waals surface area contributed by atoms with E-state index >= 15 is 0 Å². The maximum absolute atomic E-state index is 12.5. The van der Waals surface area contributed by atoms with Crippen molar-refractivity contribution in [1.82, 2.24) is 4.98 Å². The van der Waals surface area contributed by atoms with Gasteiger partial charge in [0.1, 0.15) is 5.75 Å². The van der Waals surface area contributed by atoms with Crippen LogP contribution in [0, 0.1) is 18.3 Å². The molecule has 20 heavy (non-hydrogen) atoms. The van der Waals surface area contributed by atoms with Crippen LogP contribution in [0.3, 0.4) is 0 Å². The van der Waals surface area contributed by atoms with Crippen molar-refractivity contribution in [2.24, 2.45) is 0 Å². The molecule has 2 aromatic rings. The molecule has 100 valence electrons. The molecule has 0 amide bonds. The normalized spacial score (nSPS) is 11.4. The Kier molecular flexibility index (Phi) is 4.11. The first-order chi connectivity index (χ1) is 9.67. The lowest BCUT2D eigenvalue weighted by molar-refractivity contribution is 0.0977. The lowest BCUT2D eigenvalue weighted by atomic mass is 9.92. The first-order valence-corrected chi connectivity index (χ1v) is 6.16. The van der Waals surface area contributed by atoms with Crippen LogP contribution < -0.4 is 4.74 Å². The molecule has 0 fully saturated rings. The van der Waals surface area contributed by atoms with E-state index in [0.717, 1.165) is 5.56 Å². The fourth-order valence-corrected chi connectivity index (χ4v) is 2.00. The van der Waals surface area contributed by atoms with E-state index in [2.05, 4.69) is 4.98 Å². The van der Waals surface area contributed by atoms with Crippen molar-refractivity contribution in [3.63, 3.8) is 0 Å². The highest BCUT2D eigenvalue weighted by Crippen LogP contribution is 2.23. The number of ketones is 1. The van der Waals surface area contributed by atoms with Crippen molar-refractivity contribution in [2.75, 3.05) is 7.11 Å². The number of carbonyl (C=O) groups excluding carboxylic acids is 1. The fraction of sp³-hybridized carbons (Fsp3) is 0.188. The van der Waals surface area contributed by atoms with Crippen LogP contribution in [-0.2, 0) is 0 Å². The molecule has 0 aliphatic rings. The average molecular weight is 266 g/mol. The van der Waals surface area contributed by atoms with Gasteiger partial charge in [-0.1, -0.05) is 6.07 Å². The smallest absolute Gasteiger partial charge is 0.186 e. The maximum atomic E-state index is 12.5. The van der Waals surface area contributed by atoms with E-state index in [0.29, 0.717) is 17.0 Å². The highest BCUT2D eigenvalue weighted by Gasteiger charge is 2.24. The van der Waals surface area contributed by atoms with Crippen LogP contribution >= 0.6 is 0 Å². The molecule has 1 unspecified atom stereocenters. The summed E-state index contributed by atoms with van der Waals surface area (Å²) in [5.74, 6) is -0.444. The number of nitriles is 1. The fourth-order valence-electron chi connectivity index (χ4n) is 2.00. The molecule has 0 spiro atoms. The molecule has 1 atom stereocenters. The second-order valence-electron chi connectivity index (χ2n) is 4.36. The van der Waals surface area contributed by atoms with Gasteiger partial charge in [-0.05, 0) is 42.8 Å². The Bertz CT molecular complexity index is 660. The van der Waals surface area contributed by atoms with Crippen LogP contribution in [0.4, 0.5) is 0 Å². The minimum atomic E-state index is -0.886. The van der Waals surface area contributed by atoms with Gasteiger partial charge in [0, 0.05) is 11.8 Å². The number of Topliss-reactive ketones (excluding diaryl/α,β-unsaturated/α-hetero) is 1. The van der Waals surface area contributed by atoms with Crippen LogP contribution in [0.1, 0.15) is 27.5 Å². The molecule has 0 radical (unpaired) electrons. The van der Waals surface area contributed by atoms with E-state index in [4.69, 9.17) is 4.74 Å². The Hall–Kier alpha value is -2.67. The van der Waals surface area contributed by atoms with Gasteiger partial charge < -0.3 is 4.74 Å². The van der Waals surface area contributed by atoms with E-state index in [1.165, 1.54) is 0 Å². The van der Waals surface area contributed by atoms with Gasteiger partial charge in [-0.25, -0.2) is 0 Å². The summed E-state index contributed by atoms with van der Waals surface area (Å²) >= 11 is 0. The number of hydrogen-bond donors (Lipinski definition) is 0. The third-order valence-electron chi connectivity index (χ3n) is 3.07. The predicted molar refractivity (Wildman–Crippen MR) is 74.7 cm³/mol. The topological polar surface area (TPSA) is 63.0 Å². The third-order valence-corrected chi connectivity index (χ3v) is 3.07. The van der Waals surface area contributed by atoms with Gasteiger partial charge in [-0.15, -0.1) is 0 Å². The van der Waals surface area contributed by atoms with Crippen LogP contribution in [0.5, 0.6) is 5.75 Å². The van der Waals surface area contributed by atoms with Crippen molar-refractivity contribution in [3.8, 4) is 11.8 Å². The first kappa shape index (κ1) is 13.8. The van der Waals surface area contributed by atoms with E-state index in [9.17, 15) is 10.1 Å². The molecule has 0 bridgehead atoms. The molecule has 4 nitrogen and oxygen atoms in total. The highest BCUT2D eigenvalue weighted by atomic mass is 16.5. The van der Waals surface area contributed by atoms with Crippen LogP contribution in [-0.4, -0.2) is 17.9 Å². The number of pyridine rings is 1. The second-order valence-corrected chi connectivity index (χ2v) is 4.36. The Balaban J connectivity index is 2.38. The summed E-state index contributed by atoms with van der Waals surface area (Å²) in [6.45, 7) is 1.82. The molecule has 4 heteroatoms. The van der Waals surface area contributed by atoms with Gasteiger partial charge in [0.25, 0.3) is 0 Å².